The maximum Gasteiger partial charge on any atom is 0.253 e. The molecular formula is C24H22ClN5O2. The van der Waals surface area contributed by atoms with Crippen molar-refractivity contribution in [3.8, 4) is 17.3 Å². The van der Waals surface area contributed by atoms with Crippen molar-refractivity contribution in [3.05, 3.63) is 58.1 Å². The average molecular weight is 448 g/mol. The highest BCUT2D eigenvalue weighted by atomic mass is 35.5. The van der Waals surface area contributed by atoms with Crippen LogP contribution >= 0.6 is 11.6 Å². The summed E-state index contributed by atoms with van der Waals surface area (Å²) in [7, 11) is 0. The smallest absolute Gasteiger partial charge is 0.253 e. The molecule has 0 atom stereocenters. The van der Waals surface area contributed by atoms with Crippen molar-refractivity contribution in [1.82, 2.24) is 20.1 Å². The Kier molecular flexibility index (Phi) is 5.33. The lowest BCUT2D eigenvalue weighted by atomic mass is 10.0. The first-order chi connectivity index (χ1) is 15.5. The van der Waals surface area contributed by atoms with Gasteiger partial charge in [0, 0.05) is 84.0 Å². The molecule has 32 heavy (non-hydrogen) atoms. The molecule has 2 aliphatic heterocycles. The first kappa shape index (κ1) is 20.6. The Balaban J connectivity index is 1.39. The van der Waals surface area contributed by atoms with Gasteiger partial charge in [-0.25, -0.2) is 0 Å². The maximum absolute atomic E-state index is 13.1. The molecule has 3 heterocycles. The molecule has 0 bridgehead atoms. The van der Waals surface area contributed by atoms with E-state index in [0.29, 0.717) is 42.2 Å². The summed E-state index contributed by atoms with van der Waals surface area (Å²) < 4.78 is 0. The number of carbonyl (C=O) groups is 2. The number of nitriles is 1. The van der Waals surface area contributed by atoms with Crippen LogP contribution in [-0.4, -0.2) is 59.3 Å². The van der Waals surface area contributed by atoms with Gasteiger partial charge in [-0.15, -0.1) is 0 Å². The molecule has 162 valence electrons. The van der Waals surface area contributed by atoms with E-state index in [9.17, 15) is 9.59 Å². The normalized spacial score (nSPS) is 16.1. The summed E-state index contributed by atoms with van der Waals surface area (Å²) in [5.74, 6) is -0.109. The highest BCUT2D eigenvalue weighted by molar-refractivity contribution is 6.32. The molecule has 0 aliphatic carbocycles. The van der Waals surface area contributed by atoms with Crippen LogP contribution in [0.15, 0.2) is 36.4 Å². The molecule has 2 N–H and O–H groups in total. The fourth-order valence-corrected chi connectivity index (χ4v) is 4.74. The minimum atomic E-state index is -0.124. The van der Waals surface area contributed by atoms with E-state index in [1.54, 1.807) is 0 Å². The third-order valence-electron chi connectivity index (χ3n) is 6.27. The van der Waals surface area contributed by atoms with Gasteiger partial charge in [0.25, 0.3) is 11.8 Å². The maximum atomic E-state index is 13.1. The summed E-state index contributed by atoms with van der Waals surface area (Å²) in [5, 5.41) is 13.1. The SMILES string of the molecule is N#CCCN1CCN(C(=O)c2ccc3[nH]c(-c4ccc(Cl)c5c4C(=O)NC5)cc3c2)CC1. The Morgan fingerprint density at radius 2 is 1.94 bits per heavy atom. The van der Waals surface area contributed by atoms with Crippen LogP contribution in [0.4, 0.5) is 0 Å². The number of aromatic nitrogens is 1. The molecule has 0 radical (unpaired) electrons. The number of amides is 2. The Morgan fingerprint density at radius 3 is 2.72 bits per heavy atom. The minimum absolute atomic E-state index is 0.0151. The number of piperazine rings is 1. The van der Waals surface area contributed by atoms with E-state index in [2.05, 4.69) is 21.3 Å². The Bertz CT molecular complexity index is 1270. The number of hydrogen-bond donors (Lipinski definition) is 2. The lowest BCUT2D eigenvalue weighted by Gasteiger charge is -2.34. The summed E-state index contributed by atoms with van der Waals surface area (Å²) >= 11 is 6.27. The number of benzene rings is 2. The van der Waals surface area contributed by atoms with Crippen molar-refractivity contribution in [2.24, 2.45) is 0 Å². The molecule has 5 rings (SSSR count). The molecule has 0 unspecified atom stereocenters. The van der Waals surface area contributed by atoms with E-state index in [1.807, 2.05) is 41.3 Å². The van der Waals surface area contributed by atoms with Crippen LogP contribution in [0.25, 0.3) is 22.2 Å². The standard InChI is InChI=1S/C24H22ClN5O2/c25-19-4-3-17(22-18(19)14-27-23(22)31)21-13-16-12-15(2-5-20(16)28-21)24(32)30-10-8-29(9-11-30)7-1-6-26/h2-5,12-13,28H,1,7-11,14H2,(H,27,31). The van der Waals surface area contributed by atoms with Crippen molar-refractivity contribution in [2.75, 3.05) is 32.7 Å². The highest BCUT2D eigenvalue weighted by Gasteiger charge is 2.26. The van der Waals surface area contributed by atoms with Gasteiger partial charge in [-0.2, -0.15) is 5.26 Å². The Morgan fingerprint density at radius 1 is 1.12 bits per heavy atom. The number of halogens is 1. The number of carbonyl (C=O) groups excluding carboxylic acids is 2. The number of nitrogens with one attached hydrogen (secondary N) is 2. The Hall–Kier alpha value is -3.34. The quantitative estimate of drug-likeness (QED) is 0.641. The molecule has 3 aromatic rings. The topological polar surface area (TPSA) is 92.2 Å². The van der Waals surface area contributed by atoms with Crippen LogP contribution < -0.4 is 5.32 Å². The van der Waals surface area contributed by atoms with Gasteiger partial charge in [-0.05, 0) is 30.3 Å². The predicted octanol–water partition coefficient (Wildman–Crippen LogP) is 3.40. The van der Waals surface area contributed by atoms with E-state index in [1.165, 1.54) is 0 Å². The number of fused-ring (bicyclic) bond motifs is 2. The number of aromatic amines is 1. The van der Waals surface area contributed by atoms with Gasteiger partial charge in [0.15, 0.2) is 0 Å². The van der Waals surface area contributed by atoms with Crippen LogP contribution in [0, 0.1) is 11.3 Å². The highest BCUT2D eigenvalue weighted by Crippen LogP contribution is 2.34. The van der Waals surface area contributed by atoms with Crippen LogP contribution in [0.5, 0.6) is 0 Å². The first-order valence-electron chi connectivity index (χ1n) is 10.7. The molecule has 2 aliphatic rings. The molecule has 2 amide bonds. The van der Waals surface area contributed by atoms with Gasteiger partial charge in [0.05, 0.1) is 11.6 Å². The van der Waals surface area contributed by atoms with E-state index < -0.39 is 0 Å². The molecule has 1 aromatic heterocycles. The molecule has 1 fully saturated rings. The second-order valence-corrected chi connectivity index (χ2v) is 8.57. The number of nitrogens with zero attached hydrogens (tertiary/aromatic N) is 3. The number of H-pyrrole nitrogens is 1. The first-order valence-corrected chi connectivity index (χ1v) is 11.0. The van der Waals surface area contributed by atoms with Crippen molar-refractivity contribution in [3.63, 3.8) is 0 Å². The van der Waals surface area contributed by atoms with Crippen LogP contribution in [-0.2, 0) is 6.54 Å². The van der Waals surface area contributed by atoms with Gasteiger partial charge in [-0.3, -0.25) is 14.5 Å². The van der Waals surface area contributed by atoms with Crippen LogP contribution in [0.3, 0.4) is 0 Å². The van der Waals surface area contributed by atoms with Gasteiger partial charge in [0.2, 0.25) is 0 Å². The van der Waals surface area contributed by atoms with Gasteiger partial charge < -0.3 is 15.2 Å². The molecule has 2 aromatic carbocycles. The van der Waals surface area contributed by atoms with Crippen molar-refractivity contribution in [1.29, 1.82) is 5.26 Å². The number of rotatable bonds is 4. The van der Waals surface area contributed by atoms with E-state index >= 15 is 0 Å². The molecular weight excluding hydrogens is 426 g/mol. The fourth-order valence-electron chi connectivity index (χ4n) is 4.51. The predicted molar refractivity (Wildman–Crippen MR) is 122 cm³/mol. The van der Waals surface area contributed by atoms with Crippen LogP contribution in [0.1, 0.15) is 32.7 Å². The fraction of sp³-hybridized carbons (Fsp3) is 0.292. The third kappa shape index (κ3) is 3.62. The molecule has 0 spiro atoms. The summed E-state index contributed by atoms with van der Waals surface area (Å²) in [6.45, 7) is 4.08. The van der Waals surface area contributed by atoms with Crippen molar-refractivity contribution in [2.45, 2.75) is 13.0 Å². The average Bonchev–Trinajstić information content (AvgIpc) is 3.42. The Labute approximate surface area is 190 Å². The number of hydrogen-bond acceptors (Lipinski definition) is 4. The minimum Gasteiger partial charge on any atom is -0.355 e. The zero-order chi connectivity index (χ0) is 22.2. The second-order valence-electron chi connectivity index (χ2n) is 8.16. The molecule has 7 nitrogen and oxygen atoms in total. The van der Waals surface area contributed by atoms with Gasteiger partial charge in [-0.1, -0.05) is 17.7 Å². The van der Waals surface area contributed by atoms with E-state index in [-0.39, 0.29) is 11.8 Å². The lowest BCUT2D eigenvalue weighted by Crippen LogP contribution is -2.48. The molecule has 1 saturated heterocycles. The van der Waals surface area contributed by atoms with Gasteiger partial charge in [0.1, 0.15) is 0 Å². The van der Waals surface area contributed by atoms with Gasteiger partial charge >= 0.3 is 0 Å². The molecule has 8 heteroatoms. The summed E-state index contributed by atoms with van der Waals surface area (Å²) in [5.41, 5.74) is 4.59. The van der Waals surface area contributed by atoms with Crippen LogP contribution in [0.2, 0.25) is 5.02 Å². The van der Waals surface area contributed by atoms with Crippen molar-refractivity contribution >= 4 is 34.3 Å². The summed E-state index contributed by atoms with van der Waals surface area (Å²) in [6.07, 6.45) is 0.513. The second kappa shape index (κ2) is 8.30. The summed E-state index contributed by atoms with van der Waals surface area (Å²) in [6, 6.07) is 13.5. The zero-order valence-electron chi connectivity index (χ0n) is 17.4. The largest absolute Gasteiger partial charge is 0.355 e. The molecule has 0 saturated carbocycles. The monoisotopic (exact) mass is 447 g/mol. The van der Waals surface area contributed by atoms with E-state index in [4.69, 9.17) is 16.9 Å². The third-order valence-corrected chi connectivity index (χ3v) is 6.62. The summed E-state index contributed by atoms with van der Waals surface area (Å²) in [4.78, 5) is 32.9. The lowest BCUT2D eigenvalue weighted by molar-refractivity contribution is 0.0639. The zero-order valence-corrected chi connectivity index (χ0v) is 18.2. The van der Waals surface area contributed by atoms with Crippen molar-refractivity contribution < 1.29 is 9.59 Å². The van der Waals surface area contributed by atoms with E-state index in [0.717, 1.165) is 47.4 Å².